The van der Waals surface area contributed by atoms with E-state index < -0.39 is 0 Å². The number of rotatable bonds is 3. The number of allylic oxidation sites excluding steroid dienone is 2. The van der Waals surface area contributed by atoms with E-state index in [0.717, 1.165) is 27.7 Å². The van der Waals surface area contributed by atoms with Gasteiger partial charge in [-0.2, -0.15) is 5.26 Å². The Hall–Kier alpha value is -3.05. The molecule has 0 spiro atoms. The minimum atomic E-state index is 0.669. The molecule has 1 N–H and O–H groups in total. The molecule has 0 aliphatic carbocycles. The van der Waals surface area contributed by atoms with Gasteiger partial charge >= 0.3 is 0 Å². The number of nitrogens with zero attached hydrogens (tertiary/aromatic N) is 1. The third-order valence-corrected chi connectivity index (χ3v) is 3.93. The summed E-state index contributed by atoms with van der Waals surface area (Å²) in [4.78, 5) is 0. The number of anilines is 1. The van der Waals surface area contributed by atoms with Gasteiger partial charge in [-0.3, -0.25) is 0 Å². The summed E-state index contributed by atoms with van der Waals surface area (Å²) in [6.07, 6.45) is 0. The van der Waals surface area contributed by atoms with Gasteiger partial charge < -0.3 is 5.32 Å². The molecule has 23 heavy (non-hydrogen) atoms. The van der Waals surface area contributed by atoms with Gasteiger partial charge in [-0.15, -0.1) is 0 Å². The van der Waals surface area contributed by atoms with Gasteiger partial charge in [0.05, 0.1) is 5.57 Å². The summed E-state index contributed by atoms with van der Waals surface area (Å²) in [7, 11) is 0. The van der Waals surface area contributed by atoms with E-state index in [1.807, 2.05) is 43.3 Å². The van der Waals surface area contributed by atoms with Crippen LogP contribution in [0, 0.1) is 18.3 Å². The third kappa shape index (κ3) is 3.09. The zero-order valence-corrected chi connectivity index (χ0v) is 13.3. The maximum absolute atomic E-state index is 9.68. The first kappa shape index (κ1) is 14.9. The molecule has 3 aromatic carbocycles. The normalized spacial score (nSPS) is 11.7. The molecule has 0 fully saturated rings. The van der Waals surface area contributed by atoms with Crippen molar-refractivity contribution in [3.63, 3.8) is 0 Å². The quantitative estimate of drug-likeness (QED) is 0.647. The minimum absolute atomic E-state index is 0.669. The van der Waals surface area contributed by atoms with Gasteiger partial charge in [0, 0.05) is 16.9 Å². The van der Waals surface area contributed by atoms with Crippen molar-refractivity contribution >= 4 is 22.0 Å². The summed E-state index contributed by atoms with van der Waals surface area (Å²) in [5.74, 6) is 0. The van der Waals surface area contributed by atoms with Crippen LogP contribution in [0.3, 0.4) is 0 Å². The predicted octanol–water partition coefficient (Wildman–Crippen LogP) is 5.51. The van der Waals surface area contributed by atoms with Crippen LogP contribution in [0.25, 0.3) is 16.3 Å². The fourth-order valence-electron chi connectivity index (χ4n) is 2.71. The van der Waals surface area contributed by atoms with E-state index in [-0.39, 0.29) is 0 Å². The second-order valence-corrected chi connectivity index (χ2v) is 5.63. The van der Waals surface area contributed by atoms with Crippen LogP contribution in [-0.4, -0.2) is 0 Å². The largest absolute Gasteiger partial charge is 0.358 e. The first-order valence-corrected chi connectivity index (χ1v) is 7.62. The first-order chi connectivity index (χ1) is 11.2. The van der Waals surface area contributed by atoms with Crippen LogP contribution in [-0.2, 0) is 0 Å². The monoisotopic (exact) mass is 298 g/mol. The van der Waals surface area contributed by atoms with Gasteiger partial charge in [-0.1, -0.05) is 60.2 Å². The van der Waals surface area contributed by atoms with Crippen LogP contribution < -0.4 is 5.32 Å². The molecule has 0 aliphatic heterocycles. The fourth-order valence-corrected chi connectivity index (χ4v) is 2.71. The van der Waals surface area contributed by atoms with Gasteiger partial charge in [0.2, 0.25) is 0 Å². The van der Waals surface area contributed by atoms with Gasteiger partial charge in [0.15, 0.2) is 0 Å². The summed E-state index contributed by atoms with van der Waals surface area (Å²) in [6.45, 7) is 4.00. The molecule has 3 rings (SSSR count). The second-order valence-electron chi connectivity index (χ2n) is 5.63. The lowest BCUT2D eigenvalue weighted by atomic mass is 9.97. The van der Waals surface area contributed by atoms with Gasteiger partial charge in [-0.05, 0) is 36.8 Å². The van der Waals surface area contributed by atoms with E-state index >= 15 is 0 Å². The van der Waals surface area contributed by atoms with Crippen LogP contribution in [0.4, 0.5) is 5.69 Å². The molecular weight excluding hydrogens is 280 g/mol. The smallest absolute Gasteiger partial charge is 0.102 e. The molecular formula is C21H18N2. The van der Waals surface area contributed by atoms with Crippen molar-refractivity contribution in [3.05, 3.63) is 83.6 Å². The highest BCUT2D eigenvalue weighted by Gasteiger charge is 2.09. The summed E-state index contributed by atoms with van der Waals surface area (Å²) in [5, 5.41) is 15.3. The molecule has 0 aliphatic rings. The number of nitriles is 1. The zero-order valence-electron chi connectivity index (χ0n) is 13.3. The number of hydrogen-bond acceptors (Lipinski definition) is 2. The fraction of sp³-hybridized carbons (Fsp3) is 0.0952. The van der Waals surface area contributed by atoms with Crippen molar-refractivity contribution in [3.8, 4) is 6.07 Å². The Morgan fingerprint density at radius 2 is 1.61 bits per heavy atom. The first-order valence-electron chi connectivity index (χ1n) is 7.62. The highest BCUT2D eigenvalue weighted by atomic mass is 14.9. The summed E-state index contributed by atoms with van der Waals surface area (Å²) >= 11 is 0. The van der Waals surface area contributed by atoms with E-state index in [0.29, 0.717) is 5.57 Å². The summed E-state index contributed by atoms with van der Waals surface area (Å²) in [5.41, 5.74) is 4.69. The van der Waals surface area contributed by atoms with Crippen LogP contribution in [0.15, 0.2) is 72.4 Å². The van der Waals surface area contributed by atoms with Crippen LogP contribution >= 0.6 is 0 Å². The summed E-state index contributed by atoms with van der Waals surface area (Å²) < 4.78 is 0. The molecule has 2 heteroatoms. The Labute approximate surface area is 136 Å². The summed E-state index contributed by atoms with van der Waals surface area (Å²) in [6, 6.07) is 24.7. The highest BCUT2D eigenvalue weighted by Crippen LogP contribution is 2.27. The van der Waals surface area contributed by atoms with Gasteiger partial charge in [0.1, 0.15) is 6.07 Å². The number of hydrogen-bond donors (Lipinski definition) is 1. The lowest BCUT2D eigenvalue weighted by Gasteiger charge is -2.12. The Morgan fingerprint density at radius 3 is 2.35 bits per heavy atom. The van der Waals surface area contributed by atoms with Crippen molar-refractivity contribution in [2.75, 3.05) is 5.32 Å². The Bertz CT molecular complexity index is 907. The predicted molar refractivity (Wildman–Crippen MR) is 97.0 cm³/mol. The zero-order chi connectivity index (χ0) is 16.2. The molecule has 0 aromatic heterocycles. The lowest BCUT2D eigenvalue weighted by Crippen LogP contribution is -2.00. The molecule has 3 aromatic rings. The molecule has 0 saturated carbocycles. The lowest BCUT2D eigenvalue weighted by molar-refractivity contribution is 1.36. The van der Waals surface area contributed by atoms with E-state index in [4.69, 9.17) is 0 Å². The van der Waals surface area contributed by atoms with Gasteiger partial charge in [-0.25, -0.2) is 0 Å². The molecule has 0 atom stereocenters. The molecule has 112 valence electrons. The molecule has 0 bridgehead atoms. The van der Waals surface area contributed by atoms with Gasteiger partial charge in [0.25, 0.3) is 0 Å². The van der Waals surface area contributed by atoms with Crippen LogP contribution in [0.1, 0.15) is 18.1 Å². The van der Waals surface area contributed by atoms with Crippen molar-refractivity contribution in [2.45, 2.75) is 13.8 Å². The van der Waals surface area contributed by atoms with Crippen molar-refractivity contribution in [1.82, 2.24) is 0 Å². The number of fused-ring (bicyclic) bond motifs is 1. The Kier molecular flexibility index (Phi) is 4.12. The second kappa shape index (κ2) is 6.37. The van der Waals surface area contributed by atoms with Crippen molar-refractivity contribution in [2.24, 2.45) is 0 Å². The van der Waals surface area contributed by atoms with E-state index in [1.165, 1.54) is 5.56 Å². The van der Waals surface area contributed by atoms with Crippen LogP contribution in [0.2, 0.25) is 0 Å². The average Bonchev–Trinajstić information content (AvgIpc) is 2.58. The molecule has 0 heterocycles. The van der Waals surface area contributed by atoms with Crippen molar-refractivity contribution in [1.29, 1.82) is 5.26 Å². The number of nitrogens with one attached hydrogen (secondary N) is 1. The SMILES string of the molecule is CC(Nc1ccc(C)cc1)=C(C#N)c1cccc2ccccc12. The molecule has 0 saturated heterocycles. The molecule has 2 nitrogen and oxygen atoms in total. The van der Waals surface area contributed by atoms with Crippen LogP contribution in [0.5, 0.6) is 0 Å². The average molecular weight is 298 g/mol. The highest BCUT2D eigenvalue weighted by molar-refractivity contribution is 5.98. The van der Waals surface area contributed by atoms with E-state index in [1.54, 1.807) is 0 Å². The number of benzene rings is 3. The Balaban J connectivity index is 2.06. The Morgan fingerprint density at radius 1 is 0.913 bits per heavy atom. The molecule has 0 unspecified atom stereocenters. The maximum atomic E-state index is 9.68. The van der Waals surface area contributed by atoms with Crippen molar-refractivity contribution < 1.29 is 0 Å². The standard InChI is InChI=1S/C21H18N2/c1-15-10-12-18(13-11-15)23-16(2)21(14-22)20-9-5-7-17-6-3-4-8-19(17)20/h3-13,23H,1-2H3. The van der Waals surface area contributed by atoms with E-state index in [9.17, 15) is 5.26 Å². The number of aryl methyl sites for hydroxylation is 1. The van der Waals surface area contributed by atoms with E-state index in [2.05, 4.69) is 48.6 Å². The maximum Gasteiger partial charge on any atom is 0.102 e. The minimum Gasteiger partial charge on any atom is -0.358 e. The topological polar surface area (TPSA) is 35.8 Å². The molecule has 0 amide bonds. The molecule has 0 radical (unpaired) electrons. The third-order valence-electron chi connectivity index (χ3n) is 3.93.